The van der Waals surface area contributed by atoms with Crippen LogP contribution in [0.3, 0.4) is 0 Å². The van der Waals surface area contributed by atoms with Crippen molar-refractivity contribution in [1.29, 1.82) is 0 Å². The minimum atomic E-state index is 0.520. The van der Waals surface area contributed by atoms with E-state index in [0.717, 1.165) is 24.8 Å². The largest absolute Gasteiger partial charge is 0.493 e. The Morgan fingerprint density at radius 1 is 1.24 bits per heavy atom. The maximum absolute atomic E-state index is 6.09. The fraction of sp³-hybridized carbons (Fsp3) is 0.684. The van der Waals surface area contributed by atoms with Crippen LogP contribution in [0.15, 0.2) is 24.3 Å². The van der Waals surface area contributed by atoms with Crippen LogP contribution in [0.2, 0.25) is 0 Å². The Labute approximate surface area is 130 Å². The van der Waals surface area contributed by atoms with Crippen molar-refractivity contribution in [2.75, 3.05) is 13.2 Å². The van der Waals surface area contributed by atoms with Crippen LogP contribution in [-0.2, 0) is 0 Å². The van der Waals surface area contributed by atoms with E-state index in [1.54, 1.807) is 0 Å². The fourth-order valence-corrected chi connectivity index (χ4v) is 3.39. The number of nitrogens with one attached hydrogen (secondary N) is 1. The minimum absolute atomic E-state index is 0.520. The molecular weight excluding hydrogens is 258 g/mol. The molecular formula is C19H31NO. The van der Waals surface area contributed by atoms with Crippen molar-refractivity contribution in [3.63, 3.8) is 0 Å². The summed E-state index contributed by atoms with van der Waals surface area (Å²) in [5, 5.41) is 3.70. The molecule has 0 aliphatic heterocycles. The zero-order valence-corrected chi connectivity index (χ0v) is 13.9. The van der Waals surface area contributed by atoms with Crippen molar-refractivity contribution in [1.82, 2.24) is 5.32 Å². The van der Waals surface area contributed by atoms with E-state index in [0.29, 0.717) is 12.0 Å². The molecule has 2 nitrogen and oxygen atoms in total. The molecule has 2 atom stereocenters. The molecule has 2 heteroatoms. The van der Waals surface area contributed by atoms with E-state index in [1.807, 2.05) is 0 Å². The van der Waals surface area contributed by atoms with Crippen LogP contribution in [0, 0.1) is 5.92 Å². The first kappa shape index (κ1) is 16.4. The Kier molecular flexibility index (Phi) is 6.56. The van der Waals surface area contributed by atoms with Gasteiger partial charge in [0.1, 0.15) is 5.75 Å². The topological polar surface area (TPSA) is 21.3 Å². The van der Waals surface area contributed by atoms with Crippen molar-refractivity contribution < 1.29 is 4.74 Å². The fourth-order valence-electron chi connectivity index (χ4n) is 3.39. The van der Waals surface area contributed by atoms with Crippen LogP contribution in [0.5, 0.6) is 5.75 Å². The lowest BCUT2D eigenvalue weighted by Crippen LogP contribution is -2.33. The van der Waals surface area contributed by atoms with E-state index in [4.69, 9.17) is 4.74 Å². The third-order valence-electron chi connectivity index (χ3n) is 4.60. The van der Waals surface area contributed by atoms with Gasteiger partial charge in [-0.05, 0) is 55.7 Å². The lowest BCUT2D eigenvalue weighted by molar-refractivity contribution is 0.258. The second-order valence-corrected chi connectivity index (χ2v) is 6.58. The first-order valence-corrected chi connectivity index (χ1v) is 8.67. The molecule has 1 N–H and O–H groups in total. The second kappa shape index (κ2) is 8.43. The normalized spacial score (nSPS) is 21.9. The molecule has 1 aliphatic carbocycles. The van der Waals surface area contributed by atoms with Gasteiger partial charge in [-0.15, -0.1) is 0 Å². The summed E-state index contributed by atoms with van der Waals surface area (Å²) in [6.45, 7) is 8.69. The van der Waals surface area contributed by atoms with Crippen molar-refractivity contribution in [2.24, 2.45) is 5.92 Å². The molecule has 1 saturated carbocycles. The van der Waals surface area contributed by atoms with Gasteiger partial charge in [0.2, 0.25) is 0 Å². The summed E-state index contributed by atoms with van der Waals surface area (Å²) < 4.78 is 6.09. The maximum atomic E-state index is 6.09. The van der Waals surface area contributed by atoms with Crippen LogP contribution in [0.1, 0.15) is 64.4 Å². The molecule has 0 bridgehead atoms. The zero-order valence-electron chi connectivity index (χ0n) is 13.9. The number of hydrogen-bond acceptors (Lipinski definition) is 2. The molecule has 21 heavy (non-hydrogen) atoms. The molecule has 1 aromatic rings. The average Bonchev–Trinajstić information content (AvgIpc) is 2.93. The monoisotopic (exact) mass is 289 g/mol. The number of para-hydroxylation sites is 1. The highest BCUT2D eigenvalue weighted by Gasteiger charge is 2.26. The zero-order chi connectivity index (χ0) is 15.1. The van der Waals surface area contributed by atoms with Crippen molar-refractivity contribution in [3.05, 3.63) is 29.8 Å². The van der Waals surface area contributed by atoms with Gasteiger partial charge < -0.3 is 10.1 Å². The molecule has 0 aromatic heterocycles. The predicted molar refractivity (Wildman–Crippen MR) is 90.1 cm³/mol. The SMILES string of the molecule is CCCNC1CCCC1CCOc1ccccc1C(C)C. The Bertz CT molecular complexity index is 416. The van der Waals surface area contributed by atoms with Crippen LogP contribution in [-0.4, -0.2) is 19.2 Å². The van der Waals surface area contributed by atoms with Gasteiger partial charge in [0.05, 0.1) is 6.61 Å². The Morgan fingerprint density at radius 3 is 2.81 bits per heavy atom. The van der Waals surface area contributed by atoms with Gasteiger partial charge in [-0.3, -0.25) is 0 Å². The molecule has 118 valence electrons. The molecule has 1 aromatic carbocycles. The lowest BCUT2D eigenvalue weighted by Gasteiger charge is -2.21. The van der Waals surface area contributed by atoms with Crippen LogP contribution in [0.25, 0.3) is 0 Å². The highest BCUT2D eigenvalue weighted by atomic mass is 16.5. The number of benzene rings is 1. The summed E-state index contributed by atoms with van der Waals surface area (Å²) in [4.78, 5) is 0. The van der Waals surface area contributed by atoms with Gasteiger partial charge in [0.25, 0.3) is 0 Å². The number of hydrogen-bond donors (Lipinski definition) is 1. The van der Waals surface area contributed by atoms with E-state index in [-0.39, 0.29) is 0 Å². The molecule has 1 fully saturated rings. The lowest BCUT2D eigenvalue weighted by atomic mass is 9.99. The summed E-state index contributed by atoms with van der Waals surface area (Å²) in [5.41, 5.74) is 1.32. The first-order valence-electron chi connectivity index (χ1n) is 8.67. The average molecular weight is 289 g/mol. The number of rotatable bonds is 8. The summed E-state index contributed by atoms with van der Waals surface area (Å²) in [5.74, 6) is 2.39. The highest BCUT2D eigenvalue weighted by molar-refractivity contribution is 5.35. The summed E-state index contributed by atoms with van der Waals surface area (Å²) >= 11 is 0. The van der Waals surface area contributed by atoms with Gasteiger partial charge >= 0.3 is 0 Å². The van der Waals surface area contributed by atoms with Gasteiger partial charge in [0.15, 0.2) is 0 Å². The summed E-state index contributed by atoms with van der Waals surface area (Å²) in [6, 6.07) is 9.18. The van der Waals surface area contributed by atoms with Gasteiger partial charge in [-0.25, -0.2) is 0 Å². The molecule has 0 amide bonds. The van der Waals surface area contributed by atoms with Crippen LogP contribution >= 0.6 is 0 Å². The van der Waals surface area contributed by atoms with Crippen molar-refractivity contribution in [3.8, 4) is 5.75 Å². The molecule has 1 aliphatic rings. The van der Waals surface area contributed by atoms with Gasteiger partial charge in [-0.2, -0.15) is 0 Å². The van der Waals surface area contributed by atoms with E-state index in [2.05, 4.69) is 50.4 Å². The van der Waals surface area contributed by atoms with Crippen LogP contribution < -0.4 is 10.1 Å². The quantitative estimate of drug-likeness (QED) is 0.746. The van der Waals surface area contributed by atoms with Crippen molar-refractivity contribution >= 4 is 0 Å². The van der Waals surface area contributed by atoms with Crippen molar-refractivity contribution in [2.45, 2.75) is 64.8 Å². The summed E-state index contributed by atoms with van der Waals surface area (Å²) in [6.07, 6.45) is 6.47. The minimum Gasteiger partial charge on any atom is -0.493 e. The molecule has 0 spiro atoms. The van der Waals surface area contributed by atoms with E-state index in [9.17, 15) is 0 Å². The standard InChI is InChI=1S/C19H31NO/c1-4-13-20-18-10-7-8-16(18)12-14-21-19-11-6-5-9-17(19)15(2)3/h5-6,9,11,15-16,18,20H,4,7-8,10,12-14H2,1-3H3. The maximum Gasteiger partial charge on any atom is 0.122 e. The summed E-state index contributed by atoms with van der Waals surface area (Å²) in [7, 11) is 0. The van der Waals surface area contributed by atoms with E-state index < -0.39 is 0 Å². The van der Waals surface area contributed by atoms with Crippen LogP contribution in [0.4, 0.5) is 0 Å². The Hall–Kier alpha value is -1.02. The second-order valence-electron chi connectivity index (χ2n) is 6.58. The number of ether oxygens (including phenoxy) is 1. The van der Waals surface area contributed by atoms with Gasteiger partial charge in [0, 0.05) is 6.04 Å². The Balaban J connectivity index is 1.81. The smallest absolute Gasteiger partial charge is 0.122 e. The third-order valence-corrected chi connectivity index (χ3v) is 4.60. The highest BCUT2D eigenvalue weighted by Crippen LogP contribution is 2.30. The molecule has 0 heterocycles. The predicted octanol–water partition coefficient (Wildman–Crippen LogP) is 4.75. The first-order chi connectivity index (χ1) is 10.2. The molecule has 0 radical (unpaired) electrons. The molecule has 0 saturated heterocycles. The Morgan fingerprint density at radius 2 is 2.05 bits per heavy atom. The molecule has 2 rings (SSSR count). The van der Waals surface area contributed by atoms with Gasteiger partial charge in [-0.1, -0.05) is 45.4 Å². The van der Waals surface area contributed by atoms with E-state index >= 15 is 0 Å². The molecule has 2 unspecified atom stereocenters. The van der Waals surface area contributed by atoms with E-state index in [1.165, 1.54) is 37.7 Å². The third kappa shape index (κ3) is 4.74.